The number of amides is 2. The van der Waals surface area contributed by atoms with Crippen LogP contribution in [0.25, 0.3) is 0 Å². The first-order chi connectivity index (χ1) is 15.8. The number of alkyl halides is 3. The second-order valence-corrected chi connectivity index (χ2v) is 8.90. The van der Waals surface area contributed by atoms with Crippen molar-refractivity contribution < 1.29 is 45.8 Å². The summed E-state index contributed by atoms with van der Waals surface area (Å²) in [5.41, 5.74) is 0.452. The summed E-state index contributed by atoms with van der Waals surface area (Å²) in [5, 5.41) is 12.3. The number of hydrogen-bond acceptors (Lipinski definition) is 7. The van der Waals surface area contributed by atoms with Crippen molar-refractivity contribution in [3.05, 3.63) is 18.2 Å². The Kier molecular flexibility index (Phi) is 8.85. The molecule has 2 aliphatic heterocycles. The van der Waals surface area contributed by atoms with E-state index in [4.69, 9.17) is 21.1 Å². The number of nitrogens with zero attached hydrogens (tertiary/aromatic N) is 2. The topological polar surface area (TPSA) is 145 Å². The van der Waals surface area contributed by atoms with E-state index in [-0.39, 0.29) is 49.5 Å². The van der Waals surface area contributed by atoms with Gasteiger partial charge in [0.15, 0.2) is 6.61 Å². The molecule has 2 aliphatic rings. The van der Waals surface area contributed by atoms with E-state index >= 15 is 0 Å². The van der Waals surface area contributed by atoms with Crippen molar-refractivity contribution >= 4 is 33.5 Å². The summed E-state index contributed by atoms with van der Waals surface area (Å²) in [6, 6.07) is 4.39. The van der Waals surface area contributed by atoms with Gasteiger partial charge in [-0.2, -0.15) is 17.5 Å². The molecule has 11 nitrogen and oxygen atoms in total. The fourth-order valence-corrected chi connectivity index (χ4v) is 4.34. The molecular formula is C19H21F3N4O7S. The minimum absolute atomic E-state index is 0.109. The Balaban J connectivity index is 0.000000509. The van der Waals surface area contributed by atoms with Crippen LogP contribution in [0.5, 0.6) is 5.75 Å². The largest absolute Gasteiger partial charge is 0.490 e. The van der Waals surface area contributed by atoms with E-state index in [2.05, 4.69) is 16.6 Å². The van der Waals surface area contributed by atoms with Crippen molar-refractivity contribution in [2.75, 3.05) is 51.2 Å². The molecule has 0 bridgehead atoms. The van der Waals surface area contributed by atoms with Gasteiger partial charge in [0, 0.05) is 32.2 Å². The number of terminal acetylenes is 1. The zero-order valence-electron chi connectivity index (χ0n) is 17.6. The molecule has 34 heavy (non-hydrogen) atoms. The molecule has 0 radical (unpaired) electrons. The highest BCUT2D eigenvalue weighted by Crippen LogP contribution is 2.31. The van der Waals surface area contributed by atoms with Crippen LogP contribution in [0.4, 0.5) is 18.9 Å². The fourth-order valence-electron chi connectivity index (χ4n) is 2.90. The van der Waals surface area contributed by atoms with Crippen LogP contribution < -0.4 is 15.4 Å². The number of hydrogen-bond donors (Lipinski definition) is 3. The molecule has 0 aliphatic carbocycles. The van der Waals surface area contributed by atoms with Crippen molar-refractivity contribution in [2.24, 2.45) is 0 Å². The van der Waals surface area contributed by atoms with Gasteiger partial charge in [-0.25, -0.2) is 13.2 Å². The normalized spacial score (nSPS) is 16.6. The first-order valence-electron chi connectivity index (χ1n) is 9.64. The fraction of sp³-hybridized carbons (Fsp3) is 0.421. The van der Waals surface area contributed by atoms with Crippen molar-refractivity contribution in [2.45, 2.75) is 11.1 Å². The summed E-state index contributed by atoms with van der Waals surface area (Å²) in [6.45, 7) is 1.66. The lowest BCUT2D eigenvalue weighted by molar-refractivity contribution is -0.192. The van der Waals surface area contributed by atoms with Crippen molar-refractivity contribution in [3.8, 4) is 18.1 Å². The Bertz CT molecular complexity index is 1080. The van der Waals surface area contributed by atoms with Gasteiger partial charge in [-0.3, -0.25) is 14.5 Å². The van der Waals surface area contributed by atoms with Crippen LogP contribution in [0.15, 0.2) is 23.1 Å². The number of nitrogens with one attached hydrogen (secondary N) is 2. The average Bonchev–Trinajstić information content (AvgIpc) is 2.77. The maximum absolute atomic E-state index is 12.9. The third-order valence-corrected chi connectivity index (χ3v) is 6.45. The van der Waals surface area contributed by atoms with Crippen LogP contribution in [0.3, 0.4) is 0 Å². The van der Waals surface area contributed by atoms with Gasteiger partial charge in [0.05, 0.1) is 23.7 Å². The second-order valence-electron chi connectivity index (χ2n) is 6.96. The molecule has 1 saturated heterocycles. The maximum atomic E-state index is 12.9. The van der Waals surface area contributed by atoms with Gasteiger partial charge < -0.3 is 20.5 Å². The Morgan fingerprint density at radius 1 is 1.24 bits per heavy atom. The number of halogens is 3. The molecule has 1 aromatic carbocycles. The highest BCUT2D eigenvalue weighted by molar-refractivity contribution is 7.89. The molecule has 0 unspecified atom stereocenters. The van der Waals surface area contributed by atoms with E-state index in [1.807, 2.05) is 4.90 Å². The van der Waals surface area contributed by atoms with Gasteiger partial charge in [0.2, 0.25) is 15.9 Å². The molecule has 0 aromatic heterocycles. The number of rotatable bonds is 5. The van der Waals surface area contributed by atoms with Crippen molar-refractivity contribution in [1.29, 1.82) is 0 Å². The molecule has 1 fully saturated rings. The minimum atomic E-state index is -5.08. The molecule has 0 spiro atoms. The zero-order valence-corrected chi connectivity index (χ0v) is 18.4. The predicted octanol–water partition coefficient (Wildman–Crippen LogP) is -0.293. The number of carboxylic acids is 1. The third kappa shape index (κ3) is 7.33. The van der Waals surface area contributed by atoms with Crippen LogP contribution in [-0.2, 0) is 24.4 Å². The highest BCUT2D eigenvalue weighted by atomic mass is 32.2. The predicted molar refractivity (Wildman–Crippen MR) is 111 cm³/mol. The monoisotopic (exact) mass is 506 g/mol. The van der Waals surface area contributed by atoms with Crippen LogP contribution in [0, 0.1) is 12.3 Å². The number of fused-ring (bicyclic) bond motifs is 1. The summed E-state index contributed by atoms with van der Waals surface area (Å²) in [6.07, 6.45) is 0.0161. The Morgan fingerprint density at radius 2 is 1.85 bits per heavy atom. The second kappa shape index (κ2) is 11.2. The SMILES string of the molecule is C#CCNC(=O)CN1CCN(S(=O)(=O)c2ccc3c(c2)OCC(=O)N3)CC1.O=C(O)C(F)(F)F. The van der Waals surface area contributed by atoms with Crippen molar-refractivity contribution in [1.82, 2.24) is 14.5 Å². The molecule has 0 atom stereocenters. The van der Waals surface area contributed by atoms with E-state index in [0.717, 1.165) is 0 Å². The van der Waals surface area contributed by atoms with Crippen LogP contribution in [-0.4, -0.2) is 92.6 Å². The summed E-state index contributed by atoms with van der Waals surface area (Å²) in [5.74, 6) is -0.550. The number of sulfonamides is 1. The van der Waals surface area contributed by atoms with E-state index in [0.29, 0.717) is 24.5 Å². The lowest BCUT2D eigenvalue weighted by Crippen LogP contribution is -2.51. The summed E-state index contributed by atoms with van der Waals surface area (Å²) < 4.78 is 64.1. The summed E-state index contributed by atoms with van der Waals surface area (Å²) >= 11 is 0. The summed E-state index contributed by atoms with van der Waals surface area (Å²) in [7, 11) is -3.69. The summed E-state index contributed by atoms with van der Waals surface area (Å²) in [4.78, 5) is 33.9. The van der Waals surface area contributed by atoms with Gasteiger partial charge in [0.25, 0.3) is 5.91 Å². The first-order valence-corrected chi connectivity index (χ1v) is 11.1. The average molecular weight is 506 g/mol. The Labute approximate surface area is 192 Å². The van der Waals surface area contributed by atoms with E-state index in [1.54, 1.807) is 0 Å². The molecule has 15 heteroatoms. The third-order valence-electron chi connectivity index (χ3n) is 4.55. The standard InChI is InChI=1S/C17H20N4O5S.C2HF3O2/c1-2-5-18-16(22)11-20-6-8-21(9-7-20)27(24,25)13-3-4-14-15(10-13)26-12-17(23)19-14;3-2(4,5)1(6)7/h1,3-4,10H,5-9,11-12H2,(H,18,22)(H,19,23);(H,6,7). The molecule has 0 saturated carbocycles. The van der Waals surface area contributed by atoms with Crippen LogP contribution in [0.1, 0.15) is 0 Å². The van der Waals surface area contributed by atoms with E-state index in [9.17, 15) is 31.2 Å². The molecule has 2 amide bonds. The maximum Gasteiger partial charge on any atom is 0.490 e. The first kappa shape index (κ1) is 26.9. The molecule has 2 heterocycles. The molecular weight excluding hydrogens is 485 g/mol. The van der Waals surface area contributed by atoms with Gasteiger partial charge in [-0.15, -0.1) is 6.42 Å². The zero-order chi connectivity index (χ0) is 25.5. The van der Waals surface area contributed by atoms with Gasteiger partial charge in [-0.05, 0) is 12.1 Å². The Hall–Kier alpha value is -3.35. The number of anilines is 1. The molecule has 3 rings (SSSR count). The molecule has 3 N–H and O–H groups in total. The van der Waals surface area contributed by atoms with Gasteiger partial charge in [0.1, 0.15) is 5.75 Å². The lowest BCUT2D eigenvalue weighted by atomic mass is 10.2. The molecule has 1 aromatic rings. The highest BCUT2D eigenvalue weighted by Gasteiger charge is 2.38. The van der Waals surface area contributed by atoms with Crippen LogP contribution in [0.2, 0.25) is 0 Å². The number of benzene rings is 1. The minimum Gasteiger partial charge on any atom is -0.482 e. The van der Waals surface area contributed by atoms with E-state index in [1.165, 1.54) is 22.5 Å². The smallest absolute Gasteiger partial charge is 0.482 e. The van der Waals surface area contributed by atoms with Crippen LogP contribution >= 0.6 is 0 Å². The van der Waals surface area contributed by atoms with Crippen molar-refractivity contribution in [3.63, 3.8) is 0 Å². The van der Waals surface area contributed by atoms with Gasteiger partial charge in [-0.1, -0.05) is 5.92 Å². The number of carbonyl (C=O) groups excluding carboxylic acids is 2. The van der Waals surface area contributed by atoms with Gasteiger partial charge >= 0.3 is 12.1 Å². The number of carboxylic acid groups (broad SMARTS) is 1. The lowest BCUT2D eigenvalue weighted by Gasteiger charge is -2.33. The number of aliphatic carboxylic acids is 1. The Morgan fingerprint density at radius 3 is 2.41 bits per heavy atom. The molecule has 186 valence electrons. The number of piperazine rings is 1. The van der Waals surface area contributed by atoms with E-state index < -0.39 is 22.2 Å². The number of ether oxygens (including phenoxy) is 1. The number of carbonyl (C=O) groups is 3. The quantitative estimate of drug-likeness (QED) is 0.462.